The zero-order valence-corrected chi connectivity index (χ0v) is 13.2. The quantitative estimate of drug-likeness (QED) is 0.373. The highest BCUT2D eigenvalue weighted by molar-refractivity contribution is 5.46. The number of hydrogen-bond donors (Lipinski definition) is 0. The van der Waals surface area contributed by atoms with Gasteiger partial charge < -0.3 is 0 Å². The van der Waals surface area contributed by atoms with Crippen LogP contribution in [-0.4, -0.2) is 12.4 Å². The van der Waals surface area contributed by atoms with E-state index in [4.69, 9.17) is 0 Å². The van der Waals surface area contributed by atoms with E-state index in [0.29, 0.717) is 6.08 Å². The fraction of sp³-hybridized carbons (Fsp3) is 0.412. The van der Waals surface area contributed by atoms with E-state index in [1.54, 1.807) is 0 Å². The summed E-state index contributed by atoms with van der Waals surface area (Å²) in [6.45, 7) is 7.49. The fourth-order valence-electron chi connectivity index (χ4n) is 2.27. The average molecular weight is 338 g/mol. The Bertz CT molecular complexity index is 498. The van der Waals surface area contributed by atoms with Crippen LogP contribution in [0.5, 0.6) is 0 Å². The van der Waals surface area contributed by atoms with E-state index < -0.39 is 28.9 Å². The predicted molar refractivity (Wildman–Crippen MR) is 80.8 cm³/mol. The van der Waals surface area contributed by atoms with E-state index in [0.717, 1.165) is 30.4 Å². The Labute approximate surface area is 132 Å². The Morgan fingerprint density at radius 1 is 0.913 bits per heavy atom. The van der Waals surface area contributed by atoms with Crippen molar-refractivity contribution in [3.63, 3.8) is 0 Å². The second-order valence-corrected chi connectivity index (χ2v) is 4.67. The summed E-state index contributed by atoms with van der Waals surface area (Å²) in [5.41, 5.74) is -5.95. The Morgan fingerprint density at radius 2 is 1.43 bits per heavy atom. The topological polar surface area (TPSA) is 0 Å². The van der Waals surface area contributed by atoms with Gasteiger partial charge in [0.05, 0.1) is 0 Å². The molecule has 0 aliphatic carbocycles. The third kappa shape index (κ3) is 4.18. The molecule has 0 bridgehead atoms. The molecule has 0 aliphatic heterocycles. The standard InChI is InChI=1S/C17H20F6/c1-5-9-12-13(8-4)15(16(18,19)20,17(21,22)23)14(10-6-2)11-7-3/h5-6,8-12H,4,7H2,1-3H3/b9-5-,10-6-,13-12+,14-11+. The predicted octanol–water partition coefficient (Wildman–Crippen LogP) is 6.70. The summed E-state index contributed by atoms with van der Waals surface area (Å²) in [6.07, 6.45) is -4.31. The van der Waals surface area contributed by atoms with Crippen LogP contribution in [0, 0.1) is 5.41 Å². The van der Waals surface area contributed by atoms with Gasteiger partial charge in [0.2, 0.25) is 5.41 Å². The van der Waals surface area contributed by atoms with Crippen molar-refractivity contribution >= 4 is 0 Å². The molecule has 0 saturated carbocycles. The molecule has 0 spiro atoms. The second-order valence-electron chi connectivity index (χ2n) is 4.67. The lowest BCUT2D eigenvalue weighted by Gasteiger charge is -2.39. The molecular weight excluding hydrogens is 318 g/mol. The SMILES string of the molecule is C=C/C(=C\C=C/C)C(C(/C=C\C)=C/CC)(C(F)(F)F)C(F)(F)F. The van der Waals surface area contributed by atoms with Crippen LogP contribution in [-0.2, 0) is 0 Å². The molecule has 0 saturated heterocycles. The molecule has 6 heteroatoms. The van der Waals surface area contributed by atoms with Crippen LogP contribution < -0.4 is 0 Å². The molecule has 0 fully saturated rings. The smallest absolute Gasteiger partial charge is 0.169 e. The highest BCUT2D eigenvalue weighted by atomic mass is 19.4. The van der Waals surface area contributed by atoms with Crippen molar-refractivity contribution in [1.82, 2.24) is 0 Å². The van der Waals surface area contributed by atoms with Crippen molar-refractivity contribution in [3.8, 4) is 0 Å². The molecule has 130 valence electrons. The van der Waals surface area contributed by atoms with Crippen molar-refractivity contribution in [1.29, 1.82) is 0 Å². The molecule has 0 amide bonds. The summed E-state index contributed by atoms with van der Waals surface area (Å²) in [7, 11) is 0. The zero-order chi connectivity index (χ0) is 18.3. The van der Waals surface area contributed by atoms with Crippen LogP contribution in [0.4, 0.5) is 26.3 Å². The zero-order valence-electron chi connectivity index (χ0n) is 13.2. The summed E-state index contributed by atoms with van der Waals surface area (Å²) >= 11 is 0. The highest BCUT2D eigenvalue weighted by Gasteiger charge is 2.73. The van der Waals surface area contributed by atoms with Gasteiger partial charge >= 0.3 is 12.4 Å². The van der Waals surface area contributed by atoms with E-state index in [2.05, 4.69) is 6.58 Å². The summed E-state index contributed by atoms with van der Waals surface area (Å²) in [4.78, 5) is 0. The van der Waals surface area contributed by atoms with E-state index >= 15 is 0 Å². The third-order valence-electron chi connectivity index (χ3n) is 3.17. The van der Waals surface area contributed by atoms with Crippen LogP contribution in [0.1, 0.15) is 27.2 Å². The molecule has 0 aromatic heterocycles. The summed E-state index contributed by atoms with van der Waals surface area (Å²) in [6, 6.07) is 0. The van der Waals surface area contributed by atoms with Gasteiger partial charge in [-0.2, -0.15) is 26.3 Å². The average Bonchev–Trinajstić information content (AvgIpc) is 2.40. The van der Waals surface area contributed by atoms with Gasteiger partial charge in [-0.1, -0.05) is 56.0 Å². The van der Waals surface area contributed by atoms with Crippen molar-refractivity contribution in [2.24, 2.45) is 5.41 Å². The minimum absolute atomic E-state index is 0.0294. The van der Waals surface area contributed by atoms with Gasteiger partial charge in [0.15, 0.2) is 0 Å². The van der Waals surface area contributed by atoms with Crippen molar-refractivity contribution in [2.75, 3.05) is 0 Å². The van der Waals surface area contributed by atoms with Crippen LogP contribution in [0.15, 0.2) is 60.3 Å². The van der Waals surface area contributed by atoms with Gasteiger partial charge in [0, 0.05) is 0 Å². The van der Waals surface area contributed by atoms with Crippen molar-refractivity contribution < 1.29 is 26.3 Å². The molecule has 0 radical (unpaired) electrons. The van der Waals surface area contributed by atoms with E-state index in [1.807, 2.05) is 0 Å². The Morgan fingerprint density at radius 3 is 1.74 bits per heavy atom. The normalized spacial score (nSPS) is 15.7. The first-order valence-corrected chi connectivity index (χ1v) is 6.97. The maximum atomic E-state index is 13.7. The molecule has 0 atom stereocenters. The first-order chi connectivity index (χ1) is 10.5. The Hall–Kier alpha value is -1.72. The largest absolute Gasteiger partial charge is 0.411 e. The number of hydrogen-bond acceptors (Lipinski definition) is 0. The first kappa shape index (κ1) is 21.3. The number of rotatable bonds is 6. The molecule has 0 unspecified atom stereocenters. The van der Waals surface area contributed by atoms with Crippen molar-refractivity contribution in [2.45, 2.75) is 39.5 Å². The third-order valence-corrected chi connectivity index (χ3v) is 3.17. The molecule has 0 aromatic carbocycles. The van der Waals surface area contributed by atoms with E-state index in [-0.39, 0.29) is 6.42 Å². The van der Waals surface area contributed by atoms with Gasteiger partial charge in [-0.05, 0) is 31.4 Å². The summed E-state index contributed by atoms with van der Waals surface area (Å²) in [5, 5.41) is 0. The maximum Gasteiger partial charge on any atom is 0.411 e. The molecule has 0 rings (SSSR count). The molecule has 23 heavy (non-hydrogen) atoms. The van der Waals surface area contributed by atoms with Gasteiger partial charge in [-0.15, -0.1) is 0 Å². The minimum Gasteiger partial charge on any atom is -0.169 e. The van der Waals surface area contributed by atoms with Gasteiger partial charge in [-0.3, -0.25) is 0 Å². The second kappa shape index (κ2) is 8.22. The van der Waals surface area contributed by atoms with Crippen molar-refractivity contribution in [3.05, 3.63) is 60.3 Å². The number of alkyl halides is 6. The van der Waals surface area contributed by atoms with Crippen LogP contribution >= 0.6 is 0 Å². The Kier molecular flexibility index (Phi) is 7.61. The van der Waals surface area contributed by atoms with E-state index in [9.17, 15) is 26.3 Å². The summed E-state index contributed by atoms with van der Waals surface area (Å²) < 4.78 is 82.3. The lowest BCUT2D eigenvalue weighted by atomic mass is 9.71. The molecule has 0 aromatic rings. The Balaban J connectivity index is 7.05. The minimum atomic E-state index is -5.58. The van der Waals surface area contributed by atoms with Gasteiger partial charge in [0.1, 0.15) is 0 Å². The fourth-order valence-corrected chi connectivity index (χ4v) is 2.27. The molecular formula is C17H20F6. The van der Waals surface area contributed by atoms with Crippen LogP contribution in [0.3, 0.4) is 0 Å². The molecule has 0 N–H and O–H groups in total. The first-order valence-electron chi connectivity index (χ1n) is 6.97. The highest BCUT2D eigenvalue weighted by Crippen LogP contribution is 2.60. The molecule has 0 heterocycles. The maximum absolute atomic E-state index is 13.7. The van der Waals surface area contributed by atoms with Crippen LogP contribution in [0.25, 0.3) is 0 Å². The number of halogens is 6. The lowest BCUT2D eigenvalue weighted by molar-refractivity contribution is -0.308. The van der Waals surface area contributed by atoms with Gasteiger partial charge in [-0.25, -0.2) is 0 Å². The van der Waals surface area contributed by atoms with E-state index in [1.165, 1.54) is 26.8 Å². The molecule has 0 aliphatic rings. The lowest BCUT2D eigenvalue weighted by Crippen LogP contribution is -2.52. The van der Waals surface area contributed by atoms with Gasteiger partial charge in [0.25, 0.3) is 0 Å². The monoisotopic (exact) mass is 338 g/mol. The summed E-state index contributed by atoms with van der Waals surface area (Å²) in [5.74, 6) is 0. The van der Waals surface area contributed by atoms with Crippen LogP contribution in [0.2, 0.25) is 0 Å². The molecule has 0 nitrogen and oxygen atoms in total. The number of allylic oxidation sites excluding steroid dienone is 9.